The number of methoxy groups -OCH3 is 2. The fraction of sp³-hybridized carbons (Fsp3) is 0.286. The molecule has 2 aromatic rings. The van der Waals surface area contributed by atoms with E-state index < -0.39 is 12.0 Å². The highest BCUT2D eigenvalue weighted by Gasteiger charge is 2.42. The summed E-state index contributed by atoms with van der Waals surface area (Å²) in [7, 11) is 3.08. The van der Waals surface area contributed by atoms with E-state index in [2.05, 4.69) is 10.5 Å². The Kier molecular flexibility index (Phi) is 6.46. The summed E-state index contributed by atoms with van der Waals surface area (Å²) in [5, 5.41) is 15.2. The van der Waals surface area contributed by atoms with Gasteiger partial charge in [0.25, 0.3) is 5.91 Å². The molecule has 1 aliphatic heterocycles. The molecule has 0 saturated heterocycles. The fourth-order valence-electron chi connectivity index (χ4n) is 3.51. The van der Waals surface area contributed by atoms with Crippen molar-refractivity contribution in [1.82, 2.24) is 4.90 Å². The molecule has 2 amide bonds. The molecular formula is C21H23N3O5. The van der Waals surface area contributed by atoms with Gasteiger partial charge in [0.2, 0.25) is 5.91 Å². The summed E-state index contributed by atoms with van der Waals surface area (Å²) >= 11 is 0. The zero-order chi connectivity index (χ0) is 20.8. The van der Waals surface area contributed by atoms with Crippen LogP contribution < -0.4 is 10.1 Å². The molecule has 2 aromatic carbocycles. The lowest BCUT2D eigenvalue weighted by Gasteiger charge is -2.39. The molecule has 1 aliphatic rings. The molecule has 8 heteroatoms. The number of amides is 2. The van der Waals surface area contributed by atoms with Crippen LogP contribution in [0, 0.1) is 0 Å². The summed E-state index contributed by atoms with van der Waals surface area (Å²) in [5.74, 6) is -0.724. The van der Waals surface area contributed by atoms with E-state index in [1.54, 1.807) is 55.6 Å². The normalized spacial score (nSPS) is 18.6. The van der Waals surface area contributed by atoms with Crippen LogP contribution in [0.4, 0.5) is 5.69 Å². The Morgan fingerprint density at radius 1 is 1.24 bits per heavy atom. The highest BCUT2D eigenvalue weighted by atomic mass is 16.5. The minimum atomic E-state index is -0.761. The average Bonchev–Trinajstić information content (AvgIpc) is 2.74. The molecule has 0 spiro atoms. The molecule has 2 atom stereocenters. The Balaban J connectivity index is 2.01. The van der Waals surface area contributed by atoms with E-state index in [0.717, 1.165) is 0 Å². The second-order valence-electron chi connectivity index (χ2n) is 6.53. The average molecular weight is 397 g/mol. The molecule has 152 valence electrons. The van der Waals surface area contributed by atoms with E-state index in [-0.39, 0.29) is 25.0 Å². The lowest BCUT2D eigenvalue weighted by Crippen LogP contribution is -2.53. The van der Waals surface area contributed by atoms with Gasteiger partial charge < -0.3 is 24.9 Å². The third-order valence-electron chi connectivity index (χ3n) is 4.86. The van der Waals surface area contributed by atoms with Crippen LogP contribution in [-0.4, -0.2) is 61.5 Å². The smallest absolute Gasteiger partial charge is 0.254 e. The minimum Gasteiger partial charge on any atom is -0.497 e. The van der Waals surface area contributed by atoms with Crippen molar-refractivity contribution in [2.24, 2.45) is 5.16 Å². The van der Waals surface area contributed by atoms with Crippen molar-refractivity contribution in [3.05, 3.63) is 59.7 Å². The van der Waals surface area contributed by atoms with Crippen molar-refractivity contribution >= 4 is 23.7 Å². The van der Waals surface area contributed by atoms with Gasteiger partial charge in [0.1, 0.15) is 5.75 Å². The van der Waals surface area contributed by atoms with Gasteiger partial charge in [0.15, 0.2) is 0 Å². The number of nitrogens with zero attached hydrogens (tertiary/aromatic N) is 2. The van der Waals surface area contributed by atoms with Gasteiger partial charge in [0, 0.05) is 31.0 Å². The molecule has 2 unspecified atom stereocenters. The Labute approximate surface area is 168 Å². The van der Waals surface area contributed by atoms with Crippen molar-refractivity contribution in [2.75, 3.05) is 32.7 Å². The largest absolute Gasteiger partial charge is 0.497 e. The number of oxime groups is 1. The van der Waals surface area contributed by atoms with E-state index in [0.29, 0.717) is 22.6 Å². The van der Waals surface area contributed by atoms with Crippen molar-refractivity contribution < 1.29 is 24.3 Å². The van der Waals surface area contributed by atoms with Crippen LogP contribution in [0.1, 0.15) is 21.8 Å². The molecule has 29 heavy (non-hydrogen) atoms. The van der Waals surface area contributed by atoms with Gasteiger partial charge in [-0.25, -0.2) is 0 Å². The van der Waals surface area contributed by atoms with Crippen LogP contribution in [0.5, 0.6) is 5.75 Å². The van der Waals surface area contributed by atoms with Crippen molar-refractivity contribution in [3.63, 3.8) is 0 Å². The zero-order valence-corrected chi connectivity index (χ0v) is 16.2. The summed E-state index contributed by atoms with van der Waals surface area (Å²) in [4.78, 5) is 27.8. The first-order chi connectivity index (χ1) is 14.1. The Morgan fingerprint density at radius 2 is 2.03 bits per heavy atom. The number of benzene rings is 2. The third kappa shape index (κ3) is 4.22. The molecule has 0 saturated carbocycles. The molecule has 0 aliphatic carbocycles. The topological polar surface area (TPSA) is 100 Å². The SMILES string of the molecule is COCCN1C(=O)c2ccccc2C(C(=O)Nc2cccc(OC)c2)C1C=NO. The maximum atomic E-state index is 13.3. The maximum Gasteiger partial charge on any atom is 0.254 e. The Hall–Kier alpha value is -3.39. The van der Waals surface area contributed by atoms with E-state index in [9.17, 15) is 14.8 Å². The Morgan fingerprint density at radius 3 is 2.76 bits per heavy atom. The molecule has 2 N–H and O–H groups in total. The second kappa shape index (κ2) is 9.20. The summed E-state index contributed by atoms with van der Waals surface area (Å²) in [5.41, 5.74) is 1.58. The summed E-state index contributed by atoms with van der Waals surface area (Å²) in [6, 6.07) is 13.2. The van der Waals surface area contributed by atoms with E-state index in [4.69, 9.17) is 9.47 Å². The fourth-order valence-corrected chi connectivity index (χ4v) is 3.51. The van der Waals surface area contributed by atoms with E-state index in [1.165, 1.54) is 18.2 Å². The predicted molar refractivity (Wildman–Crippen MR) is 108 cm³/mol. The van der Waals surface area contributed by atoms with Crippen LogP contribution >= 0.6 is 0 Å². The molecule has 1 heterocycles. The van der Waals surface area contributed by atoms with Crippen molar-refractivity contribution in [1.29, 1.82) is 0 Å². The maximum absolute atomic E-state index is 13.3. The van der Waals surface area contributed by atoms with Crippen LogP contribution in [0.25, 0.3) is 0 Å². The van der Waals surface area contributed by atoms with Crippen LogP contribution in [0.15, 0.2) is 53.7 Å². The number of carbonyl (C=O) groups is 2. The number of carbonyl (C=O) groups excluding carboxylic acids is 2. The van der Waals surface area contributed by atoms with Crippen LogP contribution in [0.2, 0.25) is 0 Å². The number of hydrogen-bond donors (Lipinski definition) is 2. The van der Waals surface area contributed by atoms with Gasteiger partial charge in [0.05, 0.1) is 31.9 Å². The van der Waals surface area contributed by atoms with Gasteiger partial charge in [-0.05, 0) is 23.8 Å². The highest BCUT2D eigenvalue weighted by Crippen LogP contribution is 2.34. The Bertz CT molecular complexity index is 915. The number of ether oxygens (including phenoxy) is 2. The van der Waals surface area contributed by atoms with Crippen LogP contribution in [-0.2, 0) is 9.53 Å². The molecule has 0 aromatic heterocycles. The monoisotopic (exact) mass is 397 g/mol. The first-order valence-electron chi connectivity index (χ1n) is 9.12. The molecule has 0 radical (unpaired) electrons. The first kappa shape index (κ1) is 20.3. The summed E-state index contributed by atoms with van der Waals surface area (Å²) in [6.07, 6.45) is 1.21. The predicted octanol–water partition coefficient (Wildman–Crippen LogP) is 2.35. The van der Waals surface area contributed by atoms with Gasteiger partial charge in [-0.15, -0.1) is 0 Å². The minimum absolute atomic E-state index is 0.243. The van der Waals surface area contributed by atoms with Gasteiger partial charge >= 0.3 is 0 Å². The van der Waals surface area contributed by atoms with Gasteiger partial charge in [-0.2, -0.15) is 0 Å². The number of fused-ring (bicyclic) bond motifs is 1. The molecule has 8 nitrogen and oxygen atoms in total. The number of anilines is 1. The molecule has 3 rings (SSSR count). The quantitative estimate of drug-likeness (QED) is 0.424. The lowest BCUT2D eigenvalue weighted by atomic mass is 9.82. The van der Waals surface area contributed by atoms with Crippen molar-refractivity contribution in [2.45, 2.75) is 12.0 Å². The first-order valence-corrected chi connectivity index (χ1v) is 9.12. The second-order valence-corrected chi connectivity index (χ2v) is 6.53. The standard InChI is InChI=1S/C21H23N3O5/c1-28-11-10-24-18(13-22-27)19(16-8-3-4-9-17(16)21(24)26)20(25)23-14-6-5-7-15(12-14)29-2/h3-9,12-13,18-19,27H,10-11H2,1-2H3,(H,23,25). The molecular weight excluding hydrogens is 374 g/mol. The van der Waals surface area contributed by atoms with E-state index >= 15 is 0 Å². The number of rotatable bonds is 7. The van der Waals surface area contributed by atoms with Gasteiger partial charge in [-0.3, -0.25) is 9.59 Å². The van der Waals surface area contributed by atoms with Crippen molar-refractivity contribution in [3.8, 4) is 5.75 Å². The van der Waals surface area contributed by atoms with Crippen LogP contribution in [0.3, 0.4) is 0 Å². The molecule has 0 bridgehead atoms. The highest BCUT2D eigenvalue weighted by molar-refractivity contribution is 6.07. The third-order valence-corrected chi connectivity index (χ3v) is 4.86. The summed E-state index contributed by atoms with van der Waals surface area (Å²) < 4.78 is 10.3. The number of hydrogen-bond acceptors (Lipinski definition) is 6. The molecule has 0 fully saturated rings. The van der Waals surface area contributed by atoms with E-state index in [1.807, 2.05) is 0 Å². The lowest BCUT2D eigenvalue weighted by molar-refractivity contribution is -0.118. The summed E-state index contributed by atoms with van der Waals surface area (Å²) in [6.45, 7) is 0.539. The zero-order valence-electron chi connectivity index (χ0n) is 16.2. The van der Waals surface area contributed by atoms with Gasteiger partial charge in [-0.1, -0.05) is 29.4 Å². The number of nitrogens with one attached hydrogen (secondary N) is 1.